The van der Waals surface area contributed by atoms with Crippen LogP contribution in [0.2, 0.25) is 0 Å². The quantitative estimate of drug-likeness (QED) is 0.452. The van der Waals surface area contributed by atoms with E-state index in [0.29, 0.717) is 17.9 Å². The van der Waals surface area contributed by atoms with E-state index in [2.05, 4.69) is 4.74 Å². The number of nitrogens with zero attached hydrogens (tertiary/aromatic N) is 1. The summed E-state index contributed by atoms with van der Waals surface area (Å²) in [4.78, 5) is 11.1. The first-order valence-corrected chi connectivity index (χ1v) is 5.14. The van der Waals surface area contributed by atoms with Crippen molar-refractivity contribution >= 4 is 11.5 Å². The van der Waals surface area contributed by atoms with Crippen LogP contribution in [0.25, 0.3) is 5.57 Å². The van der Waals surface area contributed by atoms with Crippen molar-refractivity contribution in [3.05, 3.63) is 35.9 Å². The molecule has 17 heavy (non-hydrogen) atoms. The minimum absolute atomic E-state index is 0.223. The predicted octanol–water partition coefficient (Wildman–Crippen LogP) is 2.17. The van der Waals surface area contributed by atoms with Gasteiger partial charge in [0, 0.05) is 11.6 Å². The van der Waals surface area contributed by atoms with E-state index in [1.54, 1.807) is 18.2 Å². The highest BCUT2D eigenvalue weighted by Gasteiger charge is 2.09. The van der Waals surface area contributed by atoms with Crippen molar-refractivity contribution < 1.29 is 14.3 Å². The summed E-state index contributed by atoms with van der Waals surface area (Å²) in [5.41, 5.74) is 0.808. The number of esters is 1. The van der Waals surface area contributed by atoms with Gasteiger partial charge < -0.3 is 9.47 Å². The molecule has 0 aliphatic heterocycles. The molecule has 0 spiro atoms. The molecule has 0 N–H and O–H groups in total. The first kappa shape index (κ1) is 12.8. The molecule has 0 saturated heterocycles. The van der Waals surface area contributed by atoms with Gasteiger partial charge in [0.15, 0.2) is 0 Å². The van der Waals surface area contributed by atoms with Crippen LogP contribution in [0.15, 0.2) is 30.3 Å². The van der Waals surface area contributed by atoms with Crippen LogP contribution >= 0.6 is 0 Å². The number of nitriles is 1. The molecular weight excluding hydrogens is 218 g/mol. The zero-order valence-electron chi connectivity index (χ0n) is 9.77. The molecule has 1 aromatic carbocycles. The summed E-state index contributed by atoms with van der Waals surface area (Å²) in [5, 5.41) is 9.03. The van der Waals surface area contributed by atoms with Crippen LogP contribution in [-0.4, -0.2) is 19.7 Å². The van der Waals surface area contributed by atoms with Gasteiger partial charge in [-0.05, 0) is 19.1 Å². The SMILES string of the molecule is CCOc1ccccc1C(C#N)=CC(=O)OC. The van der Waals surface area contributed by atoms with E-state index >= 15 is 0 Å². The van der Waals surface area contributed by atoms with Gasteiger partial charge in [0.1, 0.15) is 11.8 Å². The third-order valence-corrected chi connectivity index (χ3v) is 2.06. The Bertz CT molecular complexity index is 472. The zero-order valence-corrected chi connectivity index (χ0v) is 9.77. The Morgan fingerprint density at radius 3 is 2.76 bits per heavy atom. The minimum atomic E-state index is -0.562. The first-order chi connectivity index (χ1) is 8.22. The highest BCUT2D eigenvalue weighted by atomic mass is 16.5. The largest absolute Gasteiger partial charge is 0.493 e. The minimum Gasteiger partial charge on any atom is -0.493 e. The number of hydrogen-bond acceptors (Lipinski definition) is 4. The topological polar surface area (TPSA) is 59.3 Å². The molecule has 0 aromatic heterocycles. The lowest BCUT2D eigenvalue weighted by molar-refractivity contribution is -0.134. The molecule has 1 rings (SSSR count). The van der Waals surface area contributed by atoms with E-state index in [1.165, 1.54) is 7.11 Å². The first-order valence-electron chi connectivity index (χ1n) is 5.14. The summed E-state index contributed by atoms with van der Waals surface area (Å²) in [6, 6.07) is 9.02. The Kier molecular flexibility index (Phi) is 4.77. The Morgan fingerprint density at radius 1 is 1.47 bits per heavy atom. The van der Waals surface area contributed by atoms with Crippen molar-refractivity contribution in [2.45, 2.75) is 6.92 Å². The van der Waals surface area contributed by atoms with Crippen molar-refractivity contribution in [1.82, 2.24) is 0 Å². The van der Waals surface area contributed by atoms with Crippen LogP contribution in [0.3, 0.4) is 0 Å². The molecule has 0 fully saturated rings. The Morgan fingerprint density at radius 2 is 2.18 bits per heavy atom. The summed E-state index contributed by atoms with van der Waals surface area (Å²) in [5.74, 6) is 0.0135. The van der Waals surface area contributed by atoms with Gasteiger partial charge in [-0.25, -0.2) is 4.79 Å². The third-order valence-electron chi connectivity index (χ3n) is 2.06. The van der Waals surface area contributed by atoms with E-state index in [4.69, 9.17) is 10.00 Å². The van der Waals surface area contributed by atoms with Crippen molar-refractivity contribution in [2.75, 3.05) is 13.7 Å². The van der Waals surface area contributed by atoms with Crippen molar-refractivity contribution in [2.24, 2.45) is 0 Å². The lowest BCUT2D eigenvalue weighted by atomic mass is 10.1. The number of ether oxygens (including phenoxy) is 2. The molecular formula is C13H13NO3. The highest BCUT2D eigenvalue weighted by Crippen LogP contribution is 2.25. The van der Waals surface area contributed by atoms with Crippen molar-refractivity contribution in [3.8, 4) is 11.8 Å². The summed E-state index contributed by atoms with van der Waals surface area (Å²) in [6.07, 6.45) is 1.15. The van der Waals surface area contributed by atoms with E-state index in [-0.39, 0.29) is 5.57 Å². The van der Waals surface area contributed by atoms with Gasteiger partial charge in [-0.15, -0.1) is 0 Å². The van der Waals surface area contributed by atoms with Crippen LogP contribution in [0.4, 0.5) is 0 Å². The van der Waals surface area contributed by atoms with Gasteiger partial charge in [0.25, 0.3) is 0 Å². The summed E-state index contributed by atoms with van der Waals surface area (Å²) < 4.78 is 9.89. The third kappa shape index (κ3) is 3.35. The molecule has 0 saturated carbocycles. The Balaban J connectivity index is 3.17. The molecule has 0 amide bonds. The van der Waals surface area contributed by atoms with E-state index < -0.39 is 5.97 Å². The number of carbonyl (C=O) groups is 1. The maximum absolute atomic E-state index is 11.1. The van der Waals surface area contributed by atoms with Gasteiger partial charge in [0.05, 0.1) is 19.3 Å². The van der Waals surface area contributed by atoms with Crippen LogP contribution in [0, 0.1) is 11.3 Å². The summed E-state index contributed by atoms with van der Waals surface area (Å²) >= 11 is 0. The van der Waals surface area contributed by atoms with Crippen LogP contribution in [0.5, 0.6) is 5.75 Å². The Hall–Kier alpha value is -2.28. The maximum atomic E-state index is 11.1. The lowest BCUT2D eigenvalue weighted by Gasteiger charge is -2.08. The monoisotopic (exact) mass is 231 g/mol. The zero-order chi connectivity index (χ0) is 12.7. The van der Waals surface area contributed by atoms with Gasteiger partial charge in [-0.3, -0.25) is 0 Å². The van der Waals surface area contributed by atoms with Gasteiger partial charge in [-0.1, -0.05) is 12.1 Å². The summed E-state index contributed by atoms with van der Waals surface area (Å²) in [7, 11) is 1.27. The molecule has 0 bridgehead atoms. The molecule has 0 unspecified atom stereocenters. The number of carbonyl (C=O) groups excluding carboxylic acids is 1. The second-order valence-electron chi connectivity index (χ2n) is 3.12. The van der Waals surface area contributed by atoms with E-state index in [1.807, 2.05) is 19.1 Å². The average molecular weight is 231 g/mol. The number of methoxy groups -OCH3 is 1. The molecule has 88 valence electrons. The molecule has 0 radical (unpaired) electrons. The molecule has 1 aromatic rings. The van der Waals surface area contributed by atoms with Crippen LogP contribution < -0.4 is 4.74 Å². The molecule has 0 aliphatic carbocycles. The van der Waals surface area contributed by atoms with Crippen molar-refractivity contribution in [3.63, 3.8) is 0 Å². The van der Waals surface area contributed by atoms with Gasteiger partial charge in [0.2, 0.25) is 0 Å². The van der Waals surface area contributed by atoms with Gasteiger partial charge in [-0.2, -0.15) is 5.26 Å². The summed E-state index contributed by atoms with van der Waals surface area (Å²) in [6.45, 7) is 2.35. The van der Waals surface area contributed by atoms with Crippen molar-refractivity contribution in [1.29, 1.82) is 5.26 Å². The maximum Gasteiger partial charge on any atom is 0.331 e. The number of benzene rings is 1. The fraction of sp³-hybridized carbons (Fsp3) is 0.231. The number of allylic oxidation sites excluding steroid dienone is 1. The second-order valence-corrected chi connectivity index (χ2v) is 3.12. The van der Waals surface area contributed by atoms with Gasteiger partial charge >= 0.3 is 5.97 Å². The molecule has 0 aliphatic rings. The molecule has 4 heteroatoms. The molecule has 4 nitrogen and oxygen atoms in total. The predicted molar refractivity (Wildman–Crippen MR) is 63.2 cm³/mol. The number of rotatable bonds is 4. The van der Waals surface area contributed by atoms with Crippen LogP contribution in [0.1, 0.15) is 12.5 Å². The smallest absolute Gasteiger partial charge is 0.331 e. The average Bonchev–Trinajstić information content (AvgIpc) is 2.37. The standard InChI is InChI=1S/C13H13NO3/c1-3-17-12-7-5-4-6-11(12)10(9-14)8-13(15)16-2/h4-8H,3H2,1-2H3. The number of para-hydroxylation sites is 1. The highest BCUT2D eigenvalue weighted by molar-refractivity contribution is 5.96. The lowest BCUT2D eigenvalue weighted by Crippen LogP contribution is -1.99. The fourth-order valence-electron chi connectivity index (χ4n) is 1.32. The second kappa shape index (κ2) is 6.33. The normalized spacial score (nSPS) is 10.5. The van der Waals surface area contributed by atoms with Crippen LogP contribution in [-0.2, 0) is 9.53 Å². The van der Waals surface area contributed by atoms with E-state index in [0.717, 1.165) is 6.08 Å². The van der Waals surface area contributed by atoms with E-state index in [9.17, 15) is 4.79 Å². The Labute approximate surface area is 100 Å². The fourth-order valence-corrected chi connectivity index (χ4v) is 1.32. The number of hydrogen-bond donors (Lipinski definition) is 0. The molecule has 0 heterocycles. The molecule has 0 atom stereocenters.